The van der Waals surface area contributed by atoms with Crippen molar-refractivity contribution in [2.45, 2.75) is 39.7 Å². The number of imidazole rings is 1. The first-order chi connectivity index (χ1) is 13.0. The molecule has 0 atom stereocenters. The maximum atomic E-state index is 12.3. The first kappa shape index (κ1) is 18.8. The van der Waals surface area contributed by atoms with Crippen LogP contribution in [0.4, 0.5) is 0 Å². The van der Waals surface area contributed by atoms with E-state index >= 15 is 0 Å². The average Bonchev–Trinajstić information content (AvgIpc) is 3.08. The summed E-state index contributed by atoms with van der Waals surface area (Å²) in [7, 11) is 0. The fraction of sp³-hybridized carbons (Fsp3) is 0.318. The molecular weight excluding hydrogens is 338 g/mol. The molecule has 1 heterocycles. The number of nitrogens with zero attached hydrogens (tertiary/aromatic N) is 2. The summed E-state index contributed by atoms with van der Waals surface area (Å²) in [5.41, 5.74) is 4.81. The van der Waals surface area contributed by atoms with Crippen LogP contribution in [-0.2, 0) is 11.3 Å². The van der Waals surface area contributed by atoms with Gasteiger partial charge in [-0.3, -0.25) is 9.59 Å². The number of fused-ring (bicyclic) bond motifs is 1. The maximum Gasteiger partial charge on any atom is 0.220 e. The highest BCUT2D eigenvalue weighted by Gasteiger charge is 2.11. The van der Waals surface area contributed by atoms with Gasteiger partial charge in [-0.1, -0.05) is 29.8 Å². The number of carbonyl (C=O) groups is 2. The highest BCUT2D eigenvalue weighted by molar-refractivity contribution is 5.99. The smallest absolute Gasteiger partial charge is 0.220 e. The predicted octanol–water partition coefficient (Wildman–Crippen LogP) is 3.82. The van der Waals surface area contributed by atoms with Crippen LogP contribution in [0.1, 0.15) is 40.7 Å². The largest absolute Gasteiger partial charge is 0.356 e. The first-order valence-electron chi connectivity index (χ1n) is 9.31. The van der Waals surface area contributed by atoms with Gasteiger partial charge in [0.25, 0.3) is 0 Å². The summed E-state index contributed by atoms with van der Waals surface area (Å²) < 4.78 is 2.09. The number of carbonyl (C=O) groups excluding carboxylic acids is 2. The van der Waals surface area contributed by atoms with Gasteiger partial charge in [0, 0.05) is 31.5 Å². The number of hydrogen-bond donors (Lipinski definition) is 1. The van der Waals surface area contributed by atoms with Crippen molar-refractivity contribution >= 4 is 22.7 Å². The molecule has 0 aliphatic carbocycles. The van der Waals surface area contributed by atoms with Crippen LogP contribution < -0.4 is 5.32 Å². The van der Waals surface area contributed by atoms with E-state index in [0.717, 1.165) is 40.7 Å². The minimum atomic E-state index is -0.0795. The van der Waals surface area contributed by atoms with Crippen LogP contribution in [-0.4, -0.2) is 27.8 Å². The van der Waals surface area contributed by atoms with Gasteiger partial charge in [-0.25, -0.2) is 4.98 Å². The lowest BCUT2D eigenvalue weighted by Gasteiger charge is -2.08. The van der Waals surface area contributed by atoms with Gasteiger partial charge >= 0.3 is 0 Å². The third-order valence-corrected chi connectivity index (χ3v) is 4.70. The minimum Gasteiger partial charge on any atom is -0.356 e. The van der Waals surface area contributed by atoms with Crippen molar-refractivity contribution in [2.75, 3.05) is 6.54 Å². The number of aromatic nitrogens is 2. The Labute approximate surface area is 159 Å². The second-order valence-electron chi connectivity index (χ2n) is 6.87. The Kier molecular flexibility index (Phi) is 6.01. The summed E-state index contributed by atoms with van der Waals surface area (Å²) in [6.07, 6.45) is 3.11. The third kappa shape index (κ3) is 4.82. The molecule has 2 aromatic carbocycles. The number of rotatable bonds is 8. The van der Waals surface area contributed by atoms with E-state index in [2.05, 4.69) is 14.9 Å². The summed E-state index contributed by atoms with van der Waals surface area (Å²) >= 11 is 0. The van der Waals surface area contributed by atoms with E-state index in [0.29, 0.717) is 6.54 Å². The molecule has 0 aliphatic rings. The molecule has 1 N–H and O–H groups in total. The quantitative estimate of drug-likeness (QED) is 0.489. The lowest BCUT2D eigenvalue weighted by Crippen LogP contribution is -2.25. The Balaban J connectivity index is 1.41. The van der Waals surface area contributed by atoms with Crippen molar-refractivity contribution in [3.05, 3.63) is 65.5 Å². The Morgan fingerprint density at radius 2 is 1.89 bits per heavy atom. The highest BCUT2D eigenvalue weighted by Crippen LogP contribution is 2.14. The molecule has 3 rings (SSSR count). The number of ketones is 1. The zero-order valence-electron chi connectivity index (χ0n) is 15.9. The number of para-hydroxylation sites is 2. The van der Waals surface area contributed by atoms with Crippen LogP contribution in [0.2, 0.25) is 0 Å². The van der Waals surface area contributed by atoms with Gasteiger partial charge < -0.3 is 9.88 Å². The monoisotopic (exact) mass is 363 g/mol. The SMILES string of the molecule is Cc1ccc(C)c(C(=O)CCC(=O)NCCCn2cnc3ccccc32)c1. The van der Waals surface area contributed by atoms with E-state index in [4.69, 9.17) is 0 Å². The predicted molar refractivity (Wildman–Crippen MR) is 107 cm³/mol. The number of amides is 1. The molecule has 0 radical (unpaired) electrons. The van der Waals surface area contributed by atoms with Crippen LogP contribution in [0.25, 0.3) is 11.0 Å². The fourth-order valence-electron chi connectivity index (χ4n) is 3.15. The number of nitrogens with one attached hydrogen (secondary N) is 1. The van der Waals surface area contributed by atoms with E-state index in [1.165, 1.54) is 0 Å². The summed E-state index contributed by atoms with van der Waals surface area (Å²) in [6, 6.07) is 13.8. The van der Waals surface area contributed by atoms with Crippen LogP contribution in [0.15, 0.2) is 48.8 Å². The van der Waals surface area contributed by atoms with Gasteiger partial charge in [0.1, 0.15) is 0 Å². The lowest BCUT2D eigenvalue weighted by atomic mass is 9.99. The molecule has 3 aromatic rings. The lowest BCUT2D eigenvalue weighted by molar-refractivity contribution is -0.121. The number of Topliss-reactive ketones (excluding diaryl/α,β-unsaturated/α-hetero) is 1. The number of benzene rings is 2. The molecular formula is C22H25N3O2. The molecule has 5 heteroatoms. The van der Waals surface area contributed by atoms with Crippen LogP contribution in [0.5, 0.6) is 0 Å². The average molecular weight is 363 g/mol. The molecule has 1 amide bonds. The molecule has 0 bridgehead atoms. The molecule has 0 unspecified atom stereocenters. The van der Waals surface area contributed by atoms with Crippen molar-refractivity contribution in [1.82, 2.24) is 14.9 Å². The number of aryl methyl sites for hydroxylation is 3. The molecule has 140 valence electrons. The second kappa shape index (κ2) is 8.62. The van der Waals surface area contributed by atoms with E-state index in [9.17, 15) is 9.59 Å². The van der Waals surface area contributed by atoms with Gasteiger partial charge in [-0.15, -0.1) is 0 Å². The Bertz CT molecular complexity index is 959. The normalized spacial score (nSPS) is 10.9. The summed E-state index contributed by atoms with van der Waals surface area (Å²) in [5, 5.41) is 2.90. The van der Waals surface area contributed by atoms with Gasteiger partial charge in [0.05, 0.1) is 17.4 Å². The van der Waals surface area contributed by atoms with Crippen LogP contribution in [0, 0.1) is 13.8 Å². The number of hydrogen-bond acceptors (Lipinski definition) is 3. The molecule has 27 heavy (non-hydrogen) atoms. The van der Waals surface area contributed by atoms with Gasteiger partial charge in [0.2, 0.25) is 5.91 Å². The molecule has 5 nitrogen and oxygen atoms in total. The minimum absolute atomic E-state index is 0.0243. The van der Waals surface area contributed by atoms with Crippen molar-refractivity contribution < 1.29 is 9.59 Å². The topological polar surface area (TPSA) is 64.0 Å². The van der Waals surface area contributed by atoms with E-state index < -0.39 is 0 Å². The zero-order valence-corrected chi connectivity index (χ0v) is 15.9. The van der Waals surface area contributed by atoms with Gasteiger partial charge in [-0.05, 0) is 44.0 Å². The van der Waals surface area contributed by atoms with Crippen molar-refractivity contribution in [3.63, 3.8) is 0 Å². The van der Waals surface area contributed by atoms with Gasteiger partial charge in [-0.2, -0.15) is 0 Å². The third-order valence-electron chi connectivity index (χ3n) is 4.70. The standard InChI is InChI=1S/C22H25N3O2/c1-16-8-9-17(2)18(14-16)21(26)10-11-22(27)23-12-5-13-25-15-24-19-6-3-4-7-20(19)25/h3-4,6-9,14-15H,5,10-13H2,1-2H3,(H,23,27). The zero-order chi connectivity index (χ0) is 19.2. The van der Waals surface area contributed by atoms with E-state index in [1.54, 1.807) is 0 Å². The first-order valence-corrected chi connectivity index (χ1v) is 9.31. The van der Waals surface area contributed by atoms with E-state index in [-0.39, 0.29) is 24.5 Å². The Morgan fingerprint density at radius 3 is 2.74 bits per heavy atom. The van der Waals surface area contributed by atoms with Crippen LogP contribution >= 0.6 is 0 Å². The molecule has 1 aromatic heterocycles. The molecule has 0 saturated heterocycles. The van der Waals surface area contributed by atoms with Crippen molar-refractivity contribution in [3.8, 4) is 0 Å². The van der Waals surface area contributed by atoms with Crippen LogP contribution in [0.3, 0.4) is 0 Å². The van der Waals surface area contributed by atoms with E-state index in [1.807, 2.05) is 62.6 Å². The molecule has 0 fully saturated rings. The second-order valence-corrected chi connectivity index (χ2v) is 6.87. The van der Waals surface area contributed by atoms with Gasteiger partial charge in [0.15, 0.2) is 5.78 Å². The fourth-order valence-corrected chi connectivity index (χ4v) is 3.15. The summed E-state index contributed by atoms with van der Waals surface area (Å²) in [4.78, 5) is 28.7. The Morgan fingerprint density at radius 1 is 1.07 bits per heavy atom. The summed E-state index contributed by atoms with van der Waals surface area (Å²) in [5.74, 6) is -0.0552. The molecule has 0 aliphatic heterocycles. The summed E-state index contributed by atoms with van der Waals surface area (Å²) in [6.45, 7) is 5.27. The maximum absolute atomic E-state index is 12.3. The molecule has 0 saturated carbocycles. The molecule has 0 spiro atoms. The van der Waals surface area contributed by atoms with Crippen molar-refractivity contribution in [1.29, 1.82) is 0 Å². The highest BCUT2D eigenvalue weighted by atomic mass is 16.2. The Hall–Kier alpha value is -2.95. The van der Waals surface area contributed by atoms with Crippen molar-refractivity contribution in [2.24, 2.45) is 0 Å².